The minimum absolute atomic E-state index is 0.0947. The molecule has 8 nitrogen and oxygen atoms in total. The van der Waals surface area contributed by atoms with E-state index >= 15 is 0 Å². The van der Waals surface area contributed by atoms with Crippen molar-refractivity contribution in [2.75, 3.05) is 18.5 Å². The molecule has 3 amide bonds. The number of aliphatic hydroxyl groups excluding tert-OH is 1. The zero-order chi connectivity index (χ0) is 25.2. The van der Waals surface area contributed by atoms with Crippen molar-refractivity contribution in [1.82, 2.24) is 10.6 Å². The van der Waals surface area contributed by atoms with Crippen molar-refractivity contribution in [1.29, 1.82) is 0 Å². The van der Waals surface area contributed by atoms with Crippen molar-refractivity contribution >= 4 is 29.6 Å². The fourth-order valence-electron chi connectivity index (χ4n) is 5.81. The summed E-state index contributed by atoms with van der Waals surface area (Å²) in [6.07, 6.45) is 7.20. The van der Waals surface area contributed by atoms with Gasteiger partial charge in [-0.1, -0.05) is 57.7 Å². The number of nitrogens with zero attached hydrogens (tertiary/aromatic N) is 2. The van der Waals surface area contributed by atoms with Gasteiger partial charge in [0.05, 0.1) is 11.1 Å². The van der Waals surface area contributed by atoms with Crippen LogP contribution in [0.4, 0.5) is 5.69 Å². The first kappa shape index (κ1) is 25.4. The minimum atomic E-state index is -1.38. The molecule has 0 radical (unpaired) electrons. The van der Waals surface area contributed by atoms with Gasteiger partial charge in [-0.2, -0.15) is 0 Å². The molecule has 8 heteroatoms. The first-order valence-electron chi connectivity index (χ1n) is 12.9. The highest BCUT2D eigenvalue weighted by Crippen LogP contribution is 2.42. The van der Waals surface area contributed by atoms with E-state index in [0.717, 1.165) is 49.8 Å². The van der Waals surface area contributed by atoms with Gasteiger partial charge in [-0.25, -0.2) is 0 Å². The number of benzene rings is 1. The smallest absolute Gasteiger partial charge is 0.275 e. The predicted octanol–water partition coefficient (Wildman–Crippen LogP) is 2.78. The molecule has 0 saturated heterocycles. The van der Waals surface area contributed by atoms with Crippen molar-refractivity contribution in [3.8, 4) is 0 Å². The van der Waals surface area contributed by atoms with Crippen molar-refractivity contribution in [2.45, 2.75) is 77.0 Å². The highest BCUT2D eigenvalue weighted by molar-refractivity contribution is 6.08. The average molecular weight is 483 g/mol. The van der Waals surface area contributed by atoms with Crippen molar-refractivity contribution in [3.63, 3.8) is 0 Å². The van der Waals surface area contributed by atoms with Gasteiger partial charge in [0, 0.05) is 31.3 Å². The predicted molar refractivity (Wildman–Crippen MR) is 135 cm³/mol. The lowest BCUT2D eigenvalue weighted by Gasteiger charge is -2.39. The number of likely N-dealkylation sites (N-methyl/N-ethyl adjacent to an activating group) is 1. The summed E-state index contributed by atoms with van der Waals surface area (Å²) in [4.78, 5) is 46.9. The normalized spacial score (nSPS) is 24.8. The molecule has 1 aliphatic heterocycles. The summed E-state index contributed by atoms with van der Waals surface area (Å²) < 4.78 is 0. The van der Waals surface area contributed by atoms with Gasteiger partial charge in [-0.15, -0.1) is 0 Å². The lowest BCUT2D eigenvalue weighted by molar-refractivity contribution is -0.140. The Morgan fingerprint density at radius 1 is 1.14 bits per heavy atom. The van der Waals surface area contributed by atoms with Gasteiger partial charge in [-0.3, -0.25) is 19.4 Å². The molecule has 2 aliphatic carbocycles. The molecule has 0 bridgehead atoms. The van der Waals surface area contributed by atoms with Crippen LogP contribution in [-0.2, 0) is 14.4 Å². The SMILES string of the molecule is CC(C)[C@H](O)C(=O)NCC1(C(=O)NC2(C3CCCC3)N=Cc3ccccc3N(C)C2=O)CCCC1. The van der Waals surface area contributed by atoms with Crippen molar-refractivity contribution in [3.05, 3.63) is 29.8 Å². The Labute approximate surface area is 207 Å². The summed E-state index contributed by atoms with van der Waals surface area (Å²) in [5, 5.41) is 16.1. The molecule has 1 heterocycles. The van der Waals surface area contributed by atoms with Crippen LogP contribution in [0.3, 0.4) is 0 Å². The third kappa shape index (κ3) is 4.73. The highest BCUT2D eigenvalue weighted by atomic mass is 16.3. The number of hydrogen-bond acceptors (Lipinski definition) is 5. The fourth-order valence-corrected chi connectivity index (χ4v) is 5.81. The van der Waals surface area contributed by atoms with E-state index in [2.05, 4.69) is 10.6 Å². The van der Waals surface area contributed by atoms with Crippen LogP contribution in [0.5, 0.6) is 0 Å². The maximum Gasteiger partial charge on any atom is 0.275 e. The van der Waals surface area contributed by atoms with E-state index in [9.17, 15) is 19.5 Å². The number of carbonyl (C=O) groups excluding carboxylic acids is 3. The van der Waals surface area contributed by atoms with Gasteiger partial charge in [0.15, 0.2) is 0 Å². The van der Waals surface area contributed by atoms with Crippen LogP contribution in [0.2, 0.25) is 0 Å². The van der Waals surface area contributed by atoms with Gasteiger partial charge in [0.2, 0.25) is 17.5 Å². The largest absolute Gasteiger partial charge is 0.383 e. The van der Waals surface area contributed by atoms with E-state index in [1.807, 2.05) is 24.3 Å². The van der Waals surface area contributed by atoms with Crippen LogP contribution in [0.15, 0.2) is 29.3 Å². The summed E-state index contributed by atoms with van der Waals surface area (Å²) in [6, 6.07) is 7.61. The number of benzodiazepines with no additional fused rings is 1. The average Bonchev–Trinajstić information content (AvgIpc) is 3.55. The monoisotopic (exact) mass is 482 g/mol. The number of aliphatic imine (C=N–C) groups is 1. The van der Waals surface area contributed by atoms with Crippen molar-refractivity contribution in [2.24, 2.45) is 22.2 Å². The second-order valence-corrected chi connectivity index (χ2v) is 10.8. The van der Waals surface area contributed by atoms with Crippen LogP contribution in [-0.4, -0.2) is 54.4 Å². The van der Waals surface area contributed by atoms with Gasteiger partial charge >= 0.3 is 0 Å². The number of hydrogen-bond donors (Lipinski definition) is 3. The van der Waals surface area contributed by atoms with E-state index < -0.39 is 23.1 Å². The Hall–Kier alpha value is -2.74. The molecular formula is C27H38N4O4. The van der Waals surface area contributed by atoms with Gasteiger partial charge in [0.25, 0.3) is 5.91 Å². The Morgan fingerprint density at radius 2 is 1.80 bits per heavy atom. The summed E-state index contributed by atoms with van der Waals surface area (Å²) in [5.74, 6) is -1.26. The van der Waals surface area contributed by atoms with Crippen molar-refractivity contribution < 1.29 is 19.5 Å². The summed E-state index contributed by atoms with van der Waals surface area (Å²) in [6.45, 7) is 3.69. The zero-order valence-corrected chi connectivity index (χ0v) is 21.0. The number of amides is 3. The summed E-state index contributed by atoms with van der Waals surface area (Å²) in [7, 11) is 1.74. The van der Waals surface area contributed by atoms with E-state index in [4.69, 9.17) is 4.99 Å². The fraction of sp³-hybridized carbons (Fsp3) is 0.630. The molecular weight excluding hydrogens is 444 g/mol. The molecule has 0 aromatic heterocycles. The molecule has 3 N–H and O–H groups in total. The molecule has 0 spiro atoms. The van der Waals surface area contributed by atoms with Crippen LogP contribution < -0.4 is 15.5 Å². The zero-order valence-electron chi connectivity index (χ0n) is 21.0. The van der Waals surface area contributed by atoms with Gasteiger partial charge < -0.3 is 20.6 Å². The Kier molecular flexibility index (Phi) is 7.31. The van der Waals surface area contributed by atoms with Gasteiger partial charge in [-0.05, 0) is 37.7 Å². The number of rotatable bonds is 7. The molecule has 1 aromatic rings. The molecule has 3 aliphatic rings. The minimum Gasteiger partial charge on any atom is -0.383 e. The molecule has 4 rings (SSSR count). The molecule has 1 aromatic carbocycles. The van der Waals surface area contributed by atoms with E-state index in [1.165, 1.54) is 0 Å². The number of carbonyl (C=O) groups is 3. The molecule has 35 heavy (non-hydrogen) atoms. The topological polar surface area (TPSA) is 111 Å². The second kappa shape index (κ2) is 10.1. The first-order valence-corrected chi connectivity index (χ1v) is 12.9. The Morgan fingerprint density at radius 3 is 2.46 bits per heavy atom. The third-order valence-electron chi connectivity index (χ3n) is 8.13. The molecule has 2 saturated carbocycles. The maximum absolute atomic E-state index is 14.0. The highest BCUT2D eigenvalue weighted by Gasteiger charge is 2.53. The second-order valence-electron chi connectivity index (χ2n) is 10.8. The van der Waals surface area contributed by atoms with Crippen LogP contribution >= 0.6 is 0 Å². The van der Waals surface area contributed by atoms with E-state index in [0.29, 0.717) is 12.8 Å². The number of nitrogens with one attached hydrogen (secondary N) is 2. The summed E-state index contributed by atoms with van der Waals surface area (Å²) in [5.41, 5.74) is -0.604. The standard InChI is InChI=1S/C27H38N4O4/c1-18(2)22(32)23(33)28-17-26(14-8-9-15-26)24(34)30-27(20-11-5-6-12-20)25(35)31(3)21-13-7-4-10-19(21)16-29-27/h4,7,10,13,16,18,20,22,32H,5-6,8-9,11-12,14-15,17H2,1-3H3,(H,28,33)(H,30,34)/t22-,27?/m0/s1. The van der Waals surface area contributed by atoms with Crippen LogP contribution in [0.1, 0.15) is 70.8 Å². The van der Waals surface area contributed by atoms with E-state index in [1.54, 1.807) is 32.0 Å². The molecule has 2 fully saturated rings. The molecule has 190 valence electrons. The Balaban J connectivity index is 1.64. The van der Waals surface area contributed by atoms with Crippen LogP contribution in [0.25, 0.3) is 0 Å². The lowest BCUT2D eigenvalue weighted by Crippen LogP contribution is -2.64. The number of aliphatic hydroxyl groups is 1. The van der Waals surface area contributed by atoms with Crippen LogP contribution in [0, 0.1) is 17.3 Å². The Bertz CT molecular complexity index is 995. The third-order valence-corrected chi connectivity index (χ3v) is 8.13. The number of para-hydroxylation sites is 1. The summed E-state index contributed by atoms with van der Waals surface area (Å²) >= 11 is 0. The number of fused-ring (bicyclic) bond motifs is 1. The van der Waals surface area contributed by atoms with Gasteiger partial charge in [0.1, 0.15) is 6.10 Å². The molecule has 2 atom stereocenters. The number of anilines is 1. The quantitative estimate of drug-likeness (QED) is 0.555. The molecule has 1 unspecified atom stereocenters. The first-order chi connectivity index (χ1) is 16.7. The maximum atomic E-state index is 14.0. The van der Waals surface area contributed by atoms with E-state index in [-0.39, 0.29) is 30.2 Å². The lowest BCUT2D eigenvalue weighted by atomic mass is 9.82.